The molecule has 0 heterocycles. The summed E-state index contributed by atoms with van der Waals surface area (Å²) in [6.45, 7) is 0.597. The Kier molecular flexibility index (Phi) is 6.54. The van der Waals surface area contributed by atoms with Crippen molar-refractivity contribution in [2.24, 2.45) is 5.92 Å². The second-order valence-electron chi connectivity index (χ2n) is 6.23. The van der Waals surface area contributed by atoms with Gasteiger partial charge in [0.2, 0.25) is 5.91 Å². The third-order valence-corrected chi connectivity index (χ3v) is 4.18. The first kappa shape index (κ1) is 19.0. The zero-order chi connectivity index (χ0) is 19.1. The number of carbonyl (C=O) groups excluding carboxylic acids is 2. The van der Waals surface area contributed by atoms with Gasteiger partial charge in [-0.3, -0.25) is 9.59 Å². The fourth-order valence-corrected chi connectivity index (χ4v) is 2.47. The van der Waals surface area contributed by atoms with E-state index in [0.717, 1.165) is 12.8 Å². The Labute approximate surface area is 162 Å². The molecule has 0 atom stereocenters. The smallest absolute Gasteiger partial charge is 0.258 e. The van der Waals surface area contributed by atoms with Crippen LogP contribution in [0.25, 0.3) is 0 Å². The first-order valence-corrected chi connectivity index (χ1v) is 9.17. The van der Waals surface area contributed by atoms with E-state index in [4.69, 9.17) is 21.1 Å². The van der Waals surface area contributed by atoms with Crippen LogP contribution >= 0.6 is 11.6 Å². The van der Waals surface area contributed by atoms with Crippen molar-refractivity contribution in [2.45, 2.75) is 12.8 Å². The maximum Gasteiger partial charge on any atom is 0.258 e. The molecule has 3 rings (SSSR count). The highest BCUT2D eigenvalue weighted by Gasteiger charge is 2.29. The molecule has 142 valence electrons. The molecule has 1 fully saturated rings. The van der Waals surface area contributed by atoms with Crippen molar-refractivity contribution < 1.29 is 19.1 Å². The third kappa shape index (κ3) is 6.49. The van der Waals surface area contributed by atoms with Gasteiger partial charge in [0.05, 0.1) is 6.54 Å². The predicted molar refractivity (Wildman–Crippen MR) is 103 cm³/mol. The summed E-state index contributed by atoms with van der Waals surface area (Å²) in [5.74, 6) is 1.13. The van der Waals surface area contributed by atoms with Gasteiger partial charge < -0.3 is 20.1 Å². The Balaban J connectivity index is 1.34. The molecule has 0 saturated heterocycles. The van der Waals surface area contributed by atoms with Crippen molar-refractivity contribution in [3.63, 3.8) is 0 Å². The summed E-state index contributed by atoms with van der Waals surface area (Å²) in [5, 5.41) is 6.21. The molecule has 1 aliphatic rings. The van der Waals surface area contributed by atoms with Crippen LogP contribution in [0.5, 0.6) is 11.5 Å². The number of hydrogen-bond donors (Lipinski definition) is 2. The van der Waals surface area contributed by atoms with Gasteiger partial charge in [-0.2, -0.15) is 0 Å². The molecule has 1 aliphatic carbocycles. The molecular weight excluding hydrogens is 368 g/mol. The van der Waals surface area contributed by atoms with Crippen LogP contribution < -0.4 is 20.1 Å². The maximum absolute atomic E-state index is 11.9. The van der Waals surface area contributed by atoms with E-state index in [1.807, 2.05) is 0 Å². The van der Waals surface area contributed by atoms with E-state index in [-0.39, 0.29) is 24.3 Å². The topological polar surface area (TPSA) is 76.7 Å². The second kappa shape index (κ2) is 9.28. The molecule has 0 spiro atoms. The number of halogens is 1. The minimum absolute atomic E-state index is 0.0329. The molecule has 2 aromatic carbocycles. The van der Waals surface area contributed by atoms with Crippen LogP contribution in [0.4, 0.5) is 5.69 Å². The van der Waals surface area contributed by atoms with Crippen molar-refractivity contribution in [2.75, 3.05) is 25.1 Å². The van der Waals surface area contributed by atoms with Crippen LogP contribution in [-0.4, -0.2) is 31.6 Å². The molecule has 2 aromatic rings. The summed E-state index contributed by atoms with van der Waals surface area (Å²) in [6, 6.07) is 14.0. The first-order valence-electron chi connectivity index (χ1n) is 8.79. The molecular formula is C20H21ClN2O4. The Morgan fingerprint density at radius 2 is 1.81 bits per heavy atom. The van der Waals surface area contributed by atoms with Crippen LogP contribution in [0.3, 0.4) is 0 Å². The molecule has 0 aliphatic heterocycles. The number of anilines is 1. The lowest BCUT2D eigenvalue weighted by Gasteiger charge is -2.10. The fraction of sp³-hybridized carbons (Fsp3) is 0.300. The second-order valence-corrected chi connectivity index (χ2v) is 6.67. The van der Waals surface area contributed by atoms with E-state index in [1.54, 1.807) is 48.5 Å². The molecule has 7 heteroatoms. The molecule has 0 radical (unpaired) electrons. The van der Waals surface area contributed by atoms with E-state index in [9.17, 15) is 9.59 Å². The summed E-state index contributed by atoms with van der Waals surface area (Å²) in [6.07, 6.45) is 1.90. The molecule has 27 heavy (non-hydrogen) atoms. The Morgan fingerprint density at radius 3 is 2.56 bits per heavy atom. The largest absolute Gasteiger partial charge is 0.492 e. The Hall–Kier alpha value is -2.73. The van der Waals surface area contributed by atoms with E-state index < -0.39 is 0 Å². The van der Waals surface area contributed by atoms with Crippen LogP contribution in [-0.2, 0) is 9.59 Å². The van der Waals surface area contributed by atoms with Crippen molar-refractivity contribution in [3.8, 4) is 11.5 Å². The van der Waals surface area contributed by atoms with Gasteiger partial charge in [0.1, 0.15) is 18.1 Å². The lowest BCUT2D eigenvalue weighted by atomic mass is 10.3. The Morgan fingerprint density at radius 1 is 1.04 bits per heavy atom. The van der Waals surface area contributed by atoms with Crippen molar-refractivity contribution in [3.05, 3.63) is 53.6 Å². The van der Waals surface area contributed by atoms with Crippen LogP contribution in [0, 0.1) is 5.92 Å². The lowest BCUT2D eigenvalue weighted by Crippen LogP contribution is -2.32. The normalized spacial score (nSPS) is 12.9. The van der Waals surface area contributed by atoms with Gasteiger partial charge in [-0.1, -0.05) is 17.7 Å². The van der Waals surface area contributed by atoms with Gasteiger partial charge in [-0.25, -0.2) is 0 Å². The number of benzene rings is 2. The highest BCUT2D eigenvalue weighted by atomic mass is 35.5. The van der Waals surface area contributed by atoms with Crippen molar-refractivity contribution >= 4 is 29.1 Å². The predicted octanol–water partition coefficient (Wildman–Crippen LogP) is 3.26. The number of nitrogens with one attached hydrogen (secondary N) is 2. The summed E-state index contributed by atoms with van der Waals surface area (Å²) in [4.78, 5) is 23.6. The maximum atomic E-state index is 11.9. The zero-order valence-corrected chi connectivity index (χ0v) is 15.5. The van der Waals surface area contributed by atoms with E-state index >= 15 is 0 Å². The Bertz CT molecular complexity index is 791. The summed E-state index contributed by atoms with van der Waals surface area (Å²) >= 11 is 5.80. The van der Waals surface area contributed by atoms with Gasteiger partial charge >= 0.3 is 0 Å². The van der Waals surface area contributed by atoms with E-state index in [0.29, 0.717) is 35.4 Å². The molecule has 1 saturated carbocycles. The quantitative estimate of drug-likeness (QED) is 0.646. The van der Waals surface area contributed by atoms with E-state index in [1.165, 1.54) is 0 Å². The fourth-order valence-electron chi connectivity index (χ4n) is 2.34. The number of carbonyl (C=O) groups is 2. The average Bonchev–Trinajstić information content (AvgIpc) is 3.51. The highest BCUT2D eigenvalue weighted by Crippen LogP contribution is 2.30. The standard InChI is InChI=1S/C20H21ClN2O4/c21-15-6-8-17(9-7-15)26-11-10-22-19(24)13-27-18-3-1-2-16(12-18)23-20(25)14-4-5-14/h1-3,6-9,12,14H,4-5,10-11,13H2,(H,22,24)(H,23,25). The summed E-state index contributed by atoms with van der Waals surface area (Å²) < 4.78 is 11.0. The van der Waals surface area contributed by atoms with Gasteiger partial charge in [0.25, 0.3) is 5.91 Å². The van der Waals surface area contributed by atoms with Crippen LogP contribution in [0.1, 0.15) is 12.8 Å². The zero-order valence-electron chi connectivity index (χ0n) is 14.7. The van der Waals surface area contributed by atoms with Gasteiger partial charge in [-0.15, -0.1) is 0 Å². The molecule has 2 amide bonds. The molecule has 0 unspecified atom stereocenters. The number of hydrogen-bond acceptors (Lipinski definition) is 4. The first-order chi connectivity index (χ1) is 13.1. The molecule has 0 aromatic heterocycles. The highest BCUT2D eigenvalue weighted by molar-refractivity contribution is 6.30. The number of ether oxygens (including phenoxy) is 2. The van der Waals surface area contributed by atoms with E-state index in [2.05, 4.69) is 10.6 Å². The van der Waals surface area contributed by atoms with Gasteiger partial charge in [0, 0.05) is 22.7 Å². The number of rotatable bonds is 9. The van der Waals surface area contributed by atoms with Gasteiger partial charge in [-0.05, 0) is 49.2 Å². The average molecular weight is 389 g/mol. The third-order valence-electron chi connectivity index (χ3n) is 3.93. The summed E-state index contributed by atoms with van der Waals surface area (Å²) in [7, 11) is 0. The van der Waals surface area contributed by atoms with Crippen LogP contribution in [0.2, 0.25) is 5.02 Å². The molecule has 6 nitrogen and oxygen atoms in total. The minimum Gasteiger partial charge on any atom is -0.492 e. The van der Waals surface area contributed by atoms with Crippen LogP contribution in [0.15, 0.2) is 48.5 Å². The SMILES string of the molecule is O=C(COc1cccc(NC(=O)C2CC2)c1)NCCOc1ccc(Cl)cc1. The van der Waals surface area contributed by atoms with Crippen molar-refractivity contribution in [1.82, 2.24) is 5.32 Å². The van der Waals surface area contributed by atoms with Gasteiger partial charge in [0.15, 0.2) is 6.61 Å². The van der Waals surface area contributed by atoms with Crippen molar-refractivity contribution in [1.29, 1.82) is 0 Å². The lowest BCUT2D eigenvalue weighted by molar-refractivity contribution is -0.123. The summed E-state index contributed by atoms with van der Waals surface area (Å²) in [5.41, 5.74) is 0.668. The molecule has 2 N–H and O–H groups in total. The minimum atomic E-state index is -0.248. The number of amides is 2. The molecule has 0 bridgehead atoms. The monoisotopic (exact) mass is 388 g/mol.